The predicted octanol–water partition coefficient (Wildman–Crippen LogP) is 5.70. The molecule has 0 aliphatic carbocycles. The molecule has 0 aliphatic rings. The fraction of sp³-hybridized carbons (Fsp3) is 0.348. The van der Waals surface area contributed by atoms with E-state index < -0.39 is 5.41 Å². The minimum Gasteiger partial charge on any atom is -0.236 e. The lowest BCUT2D eigenvalue weighted by atomic mass is 9.84. The van der Waals surface area contributed by atoms with Crippen molar-refractivity contribution in [2.24, 2.45) is 0 Å². The number of rotatable bonds is 2. The third-order valence-electron chi connectivity index (χ3n) is 4.85. The topological polar surface area (TPSA) is 49.6 Å². The Balaban J connectivity index is 2.21. The molecule has 0 aliphatic heterocycles. The summed E-state index contributed by atoms with van der Waals surface area (Å²) in [7, 11) is 0. The van der Waals surface area contributed by atoms with E-state index in [1.807, 2.05) is 32.0 Å². The number of nitriles is 1. The van der Waals surface area contributed by atoms with Crippen LogP contribution >= 0.6 is 0 Å². The number of nitrogens with zero attached hydrogens (tertiary/aromatic N) is 3. The molecule has 3 rings (SSSR count). The average molecular weight is 343 g/mol. The Morgan fingerprint density at radius 3 is 2.27 bits per heavy atom. The third kappa shape index (κ3) is 3.32. The van der Waals surface area contributed by atoms with E-state index in [2.05, 4.69) is 61.9 Å². The van der Waals surface area contributed by atoms with Gasteiger partial charge in [0.05, 0.1) is 22.7 Å². The monoisotopic (exact) mass is 343 g/mol. The highest BCUT2D eigenvalue weighted by Crippen LogP contribution is 2.33. The lowest BCUT2D eigenvalue weighted by Crippen LogP contribution is -2.13. The molecule has 0 fully saturated rings. The van der Waals surface area contributed by atoms with Crippen LogP contribution in [0.15, 0.2) is 42.7 Å². The van der Waals surface area contributed by atoms with Gasteiger partial charge in [0.1, 0.15) is 6.33 Å². The summed E-state index contributed by atoms with van der Waals surface area (Å²) in [6, 6.07) is 15.0. The number of aromatic nitrogens is 2. The fourth-order valence-corrected chi connectivity index (χ4v) is 3.09. The van der Waals surface area contributed by atoms with E-state index in [1.54, 1.807) is 6.33 Å². The molecular formula is C23H25N3. The van der Waals surface area contributed by atoms with Gasteiger partial charge in [-0.25, -0.2) is 9.97 Å². The van der Waals surface area contributed by atoms with E-state index in [-0.39, 0.29) is 5.41 Å². The van der Waals surface area contributed by atoms with Crippen molar-refractivity contribution in [3.05, 3.63) is 59.4 Å². The summed E-state index contributed by atoms with van der Waals surface area (Å²) in [6.07, 6.45) is 1.61. The Labute approximate surface area is 155 Å². The van der Waals surface area contributed by atoms with Crippen molar-refractivity contribution in [3.63, 3.8) is 0 Å². The van der Waals surface area contributed by atoms with Crippen LogP contribution in [-0.2, 0) is 10.8 Å². The summed E-state index contributed by atoms with van der Waals surface area (Å²) < 4.78 is 0. The summed E-state index contributed by atoms with van der Waals surface area (Å²) in [5.74, 6) is 0. The van der Waals surface area contributed by atoms with Crippen molar-refractivity contribution in [1.82, 2.24) is 9.97 Å². The maximum atomic E-state index is 9.41. The van der Waals surface area contributed by atoms with E-state index in [4.69, 9.17) is 0 Å². The quantitative estimate of drug-likeness (QED) is 0.599. The second-order valence-electron chi connectivity index (χ2n) is 8.53. The van der Waals surface area contributed by atoms with Crippen LogP contribution in [0.1, 0.15) is 51.3 Å². The maximum absolute atomic E-state index is 9.41. The Morgan fingerprint density at radius 2 is 1.62 bits per heavy atom. The lowest BCUT2D eigenvalue weighted by Gasteiger charge is -2.21. The Morgan fingerprint density at radius 1 is 0.885 bits per heavy atom. The van der Waals surface area contributed by atoms with Gasteiger partial charge in [-0.3, -0.25) is 0 Å². The standard InChI is InChI=1S/C23H25N3/c1-15-9-16(11-18(10-15)22(2,3)4)21-19-8-7-17(23(5,6)13-24)12-20(19)25-14-26-21/h7-12,14H,1-6H3. The first-order valence-corrected chi connectivity index (χ1v) is 8.91. The minimum absolute atomic E-state index is 0.0770. The Bertz CT molecular complexity index is 1020. The van der Waals surface area contributed by atoms with E-state index in [0.29, 0.717) is 0 Å². The van der Waals surface area contributed by atoms with Crippen LogP contribution < -0.4 is 0 Å². The number of hydrogen-bond acceptors (Lipinski definition) is 3. The van der Waals surface area contributed by atoms with Gasteiger partial charge >= 0.3 is 0 Å². The first kappa shape index (κ1) is 18.1. The summed E-state index contributed by atoms with van der Waals surface area (Å²) in [6.45, 7) is 12.6. The van der Waals surface area contributed by atoms with Gasteiger partial charge in [-0.1, -0.05) is 44.5 Å². The summed E-state index contributed by atoms with van der Waals surface area (Å²) >= 11 is 0. The summed E-state index contributed by atoms with van der Waals surface area (Å²) in [4.78, 5) is 9.03. The molecule has 3 nitrogen and oxygen atoms in total. The van der Waals surface area contributed by atoms with Crippen molar-refractivity contribution in [2.45, 2.75) is 52.4 Å². The van der Waals surface area contributed by atoms with E-state index in [0.717, 1.165) is 27.7 Å². The van der Waals surface area contributed by atoms with E-state index in [1.165, 1.54) is 11.1 Å². The first-order chi connectivity index (χ1) is 12.1. The minimum atomic E-state index is -0.540. The molecule has 2 aromatic carbocycles. The molecule has 0 saturated carbocycles. The largest absolute Gasteiger partial charge is 0.236 e. The van der Waals surface area contributed by atoms with Crippen molar-refractivity contribution >= 4 is 10.9 Å². The van der Waals surface area contributed by atoms with Gasteiger partial charge in [-0.2, -0.15) is 5.26 Å². The highest BCUT2D eigenvalue weighted by molar-refractivity contribution is 5.92. The Kier molecular flexibility index (Phi) is 4.32. The molecule has 0 saturated heterocycles. The molecule has 0 bridgehead atoms. The van der Waals surface area contributed by atoms with Crippen LogP contribution in [0.25, 0.3) is 22.2 Å². The molecular weight excluding hydrogens is 318 g/mol. The van der Waals surface area contributed by atoms with Gasteiger partial charge in [0.25, 0.3) is 0 Å². The number of benzene rings is 2. The molecule has 0 radical (unpaired) electrons. The average Bonchev–Trinajstić information content (AvgIpc) is 2.59. The van der Waals surface area contributed by atoms with Gasteiger partial charge in [0.2, 0.25) is 0 Å². The zero-order valence-electron chi connectivity index (χ0n) is 16.4. The zero-order chi connectivity index (χ0) is 19.1. The van der Waals surface area contributed by atoms with Crippen LogP contribution in [0.5, 0.6) is 0 Å². The normalized spacial score (nSPS) is 12.2. The summed E-state index contributed by atoms with van der Waals surface area (Å²) in [5, 5.41) is 10.4. The van der Waals surface area contributed by atoms with Crippen LogP contribution in [-0.4, -0.2) is 9.97 Å². The molecule has 0 unspecified atom stereocenters. The van der Waals surface area contributed by atoms with Crippen LogP contribution in [0.2, 0.25) is 0 Å². The SMILES string of the molecule is Cc1cc(-c2ncnc3cc(C(C)(C)C#N)ccc23)cc(C(C)(C)C)c1. The molecule has 3 aromatic rings. The molecule has 0 amide bonds. The highest BCUT2D eigenvalue weighted by atomic mass is 14.8. The van der Waals surface area contributed by atoms with Crippen LogP contribution in [0.4, 0.5) is 0 Å². The summed E-state index contributed by atoms with van der Waals surface area (Å²) in [5.41, 5.74) is 5.93. The molecule has 0 N–H and O–H groups in total. The van der Waals surface area contributed by atoms with Crippen molar-refractivity contribution < 1.29 is 0 Å². The number of fused-ring (bicyclic) bond motifs is 1. The van der Waals surface area contributed by atoms with Gasteiger partial charge in [0, 0.05) is 10.9 Å². The second-order valence-corrected chi connectivity index (χ2v) is 8.53. The van der Waals surface area contributed by atoms with Gasteiger partial charge in [-0.15, -0.1) is 0 Å². The number of aryl methyl sites for hydroxylation is 1. The number of hydrogen-bond donors (Lipinski definition) is 0. The molecule has 0 spiro atoms. The van der Waals surface area contributed by atoms with E-state index >= 15 is 0 Å². The van der Waals surface area contributed by atoms with Gasteiger partial charge < -0.3 is 0 Å². The highest BCUT2D eigenvalue weighted by Gasteiger charge is 2.21. The van der Waals surface area contributed by atoms with Crippen molar-refractivity contribution in [3.8, 4) is 17.3 Å². The molecule has 1 heterocycles. The maximum Gasteiger partial charge on any atom is 0.116 e. The molecule has 3 heteroatoms. The predicted molar refractivity (Wildman–Crippen MR) is 107 cm³/mol. The van der Waals surface area contributed by atoms with Crippen LogP contribution in [0.3, 0.4) is 0 Å². The first-order valence-electron chi connectivity index (χ1n) is 8.91. The zero-order valence-corrected chi connectivity index (χ0v) is 16.4. The molecule has 26 heavy (non-hydrogen) atoms. The van der Waals surface area contributed by atoms with E-state index in [9.17, 15) is 5.26 Å². The fourth-order valence-electron chi connectivity index (χ4n) is 3.09. The molecule has 0 atom stereocenters. The Hall–Kier alpha value is -2.73. The van der Waals surface area contributed by atoms with Crippen molar-refractivity contribution in [1.29, 1.82) is 5.26 Å². The molecule has 132 valence electrons. The second kappa shape index (κ2) is 6.21. The third-order valence-corrected chi connectivity index (χ3v) is 4.85. The smallest absolute Gasteiger partial charge is 0.116 e. The van der Waals surface area contributed by atoms with Crippen molar-refractivity contribution in [2.75, 3.05) is 0 Å². The van der Waals surface area contributed by atoms with Gasteiger partial charge in [0.15, 0.2) is 0 Å². The van der Waals surface area contributed by atoms with Gasteiger partial charge in [-0.05, 0) is 55.5 Å². The van der Waals surface area contributed by atoms with Crippen LogP contribution in [0, 0.1) is 18.3 Å². The molecule has 1 aromatic heterocycles. The lowest BCUT2D eigenvalue weighted by molar-refractivity contribution is 0.590.